The molecule has 0 spiro atoms. The van der Waals surface area contributed by atoms with Crippen molar-refractivity contribution in [1.82, 2.24) is 4.98 Å². The summed E-state index contributed by atoms with van der Waals surface area (Å²) < 4.78 is 0. The van der Waals surface area contributed by atoms with Crippen LogP contribution in [0.1, 0.15) is 70.3 Å². The second-order valence-corrected chi connectivity index (χ2v) is 7.33. The van der Waals surface area contributed by atoms with Crippen molar-refractivity contribution in [1.29, 1.82) is 0 Å². The van der Waals surface area contributed by atoms with Crippen LogP contribution in [0.5, 0.6) is 0 Å². The molecule has 1 aromatic heterocycles. The van der Waals surface area contributed by atoms with E-state index in [1.54, 1.807) is 11.1 Å². The van der Waals surface area contributed by atoms with Crippen molar-refractivity contribution in [2.75, 3.05) is 0 Å². The molecule has 0 aliphatic heterocycles. The molecule has 0 aromatic carbocycles. The van der Waals surface area contributed by atoms with E-state index in [0.717, 1.165) is 0 Å². The Bertz CT molecular complexity index is 389. The summed E-state index contributed by atoms with van der Waals surface area (Å²) in [4.78, 5) is 4.79. The van der Waals surface area contributed by atoms with Crippen molar-refractivity contribution in [3.63, 3.8) is 0 Å². The van der Waals surface area contributed by atoms with Gasteiger partial charge in [0.15, 0.2) is 0 Å². The van der Waals surface area contributed by atoms with Gasteiger partial charge in [0.05, 0.1) is 0 Å². The van der Waals surface area contributed by atoms with Crippen LogP contribution in [0.2, 0.25) is 0 Å². The molecule has 0 saturated heterocycles. The SMILES string of the molecule is CC(C)(C)c1cnc(C(C)(C)C)c2c1CCC2. The Morgan fingerprint density at radius 3 is 2.00 bits per heavy atom. The number of pyridine rings is 1. The summed E-state index contributed by atoms with van der Waals surface area (Å²) in [6.07, 6.45) is 5.89. The minimum absolute atomic E-state index is 0.171. The van der Waals surface area contributed by atoms with Gasteiger partial charge in [-0.15, -0.1) is 0 Å². The first-order chi connectivity index (χ1) is 7.71. The van der Waals surface area contributed by atoms with Crippen molar-refractivity contribution >= 4 is 0 Å². The third-order valence-corrected chi connectivity index (χ3v) is 3.67. The van der Waals surface area contributed by atoms with Gasteiger partial charge in [0.25, 0.3) is 0 Å². The molecule has 17 heavy (non-hydrogen) atoms. The Morgan fingerprint density at radius 2 is 1.47 bits per heavy atom. The van der Waals surface area contributed by atoms with E-state index in [1.165, 1.54) is 30.5 Å². The molecule has 0 radical (unpaired) electrons. The van der Waals surface area contributed by atoms with Crippen LogP contribution in [0, 0.1) is 0 Å². The minimum atomic E-state index is 0.171. The Morgan fingerprint density at radius 1 is 0.882 bits per heavy atom. The lowest BCUT2D eigenvalue weighted by Crippen LogP contribution is -2.21. The molecule has 0 bridgehead atoms. The van der Waals surface area contributed by atoms with Crippen LogP contribution in [0.25, 0.3) is 0 Å². The van der Waals surface area contributed by atoms with Gasteiger partial charge >= 0.3 is 0 Å². The number of rotatable bonds is 0. The summed E-state index contributed by atoms with van der Waals surface area (Å²) >= 11 is 0. The highest BCUT2D eigenvalue weighted by Gasteiger charge is 2.29. The van der Waals surface area contributed by atoms with Gasteiger partial charge in [-0.1, -0.05) is 41.5 Å². The molecule has 1 heterocycles. The normalized spacial score (nSPS) is 16.1. The molecule has 0 fully saturated rings. The maximum atomic E-state index is 4.79. The molecular formula is C16H25N. The number of hydrogen-bond acceptors (Lipinski definition) is 1. The van der Waals surface area contributed by atoms with E-state index in [4.69, 9.17) is 4.98 Å². The molecule has 1 heteroatoms. The summed E-state index contributed by atoms with van der Waals surface area (Å²) in [6.45, 7) is 13.7. The lowest BCUT2D eigenvalue weighted by atomic mass is 9.80. The van der Waals surface area contributed by atoms with Crippen molar-refractivity contribution in [2.45, 2.75) is 71.6 Å². The van der Waals surface area contributed by atoms with Crippen LogP contribution < -0.4 is 0 Å². The van der Waals surface area contributed by atoms with Gasteiger partial charge in [0.1, 0.15) is 0 Å². The number of nitrogens with zero attached hydrogens (tertiary/aromatic N) is 1. The molecule has 0 amide bonds. The van der Waals surface area contributed by atoms with E-state index in [1.807, 2.05) is 0 Å². The lowest BCUT2D eigenvalue weighted by molar-refractivity contribution is 0.548. The fraction of sp³-hybridized carbons (Fsp3) is 0.688. The first-order valence-corrected chi connectivity index (χ1v) is 6.73. The first-order valence-electron chi connectivity index (χ1n) is 6.73. The zero-order valence-corrected chi connectivity index (χ0v) is 12.1. The highest BCUT2D eigenvalue weighted by atomic mass is 14.7. The zero-order chi connectivity index (χ0) is 12.8. The largest absolute Gasteiger partial charge is 0.260 e. The van der Waals surface area contributed by atoms with E-state index in [9.17, 15) is 0 Å². The monoisotopic (exact) mass is 231 g/mol. The average Bonchev–Trinajstić information content (AvgIpc) is 2.60. The van der Waals surface area contributed by atoms with E-state index in [-0.39, 0.29) is 10.8 Å². The molecule has 1 aromatic rings. The van der Waals surface area contributed by atoms with Gasteiger partial charge in [0, 0.05) is 17.3 Å². The predicted molar refractivity (Wildman–Crippen MR) is 73.7 cm³/mol. The maximum absolute atomic E-state index is 4.79. The van der Waals surface area contributed by atoms with Gasteiger partial charge in [-0.3, -0.25) is 4.98 Å². The molecule has 2 rings (SSSR count). The van der Waals surface area contributed by atoms with Crippen LogP contribution >= 0.6 is 0 Å². The topological polar surface area (TPSA) is 12.9 Å². The number of fused-ring (bicyclic) bond motifs is 1. The smallest absolute Gasteiger partial charge is 0.0491 e. The Hall–Kier alpha value is -0.850. The molecular weight excluding hydrogens is 206 g/mol. The van der Waals surface area contributed by atoms with Gasteiger partial charge in [-0.25, -0.2) is 0 Å². The molecule has 94 valence electrons. The van der Waals surface area contributed by atoms with Crippen LogP contribution in [-0.4, -0.2) is 4.98 Å². The molecule has 1 nitrogen and oxygen atoms in total. The molecule has 0 atom stereocenters. The van der Waals surface area contributed by atoms with Gasteiger partial charge in [-0.2, -0.15) is 0 Å². The molecule has 0 unspecified atom stereocenters. The van der Waals surface area contributed by atoms with Crippen molar-refractivity contribution in [3.05, 3.63) is 28.6 Å². The van der Waals surface area contributed by atoms with Crippen molar-refractivity contribution in [2.24, 2.45) is 0 Å². The third-order valence-electron chi connectivity index (χ3n) is 3.67. The van der Waals surface area contributed by atoms with Gasteiger partial charge < -0.3 is 0 Å². The standard InChI is InChI=1S/C16H25N/c1-15(2,3)13-10-17-14(16(4,5)6)12-9-7-8-11(12)13/h10H,7-9H2,1-6H3. The van der Waals surface area contributed by atoms with Crippen LogP contribution in [0.3, 0.4) is 0 Å². The van der Waals surface area contributed by atoms with E-state index in [0.29, 0.717) is 0 Å². The summed E-state index contributed by atoms with van der Waals surface area (Å²) in [6, 6.07) is 0. The molecule has 0 N–H and O–H groups in total. The molecule has 1 aliphatic carbocycles. The Labute approximate surface area is 106 Å². The first kappa shape index (κ1) is 12.6. The van der Waals surface area contributed by atoms with E-state index >= 15 is 0 Å². The van der Waals surface area contributed by atoms with Crippen molar-refractivity contribution < 1.29 is 0 Å². The molecule has 0 saturated carbocycles. The Kier molecular flexibility index (Phi) is 2.84. The van der Waals surface area contributed by atoms with E-state index < -0.39 is 0 Å². The van der Waals surface area contributed by atoms with Gasteiger partial charge in [0.2, 0.25) is 0 Å². The third kappa shape index (κ3) is 2.25. The predicted octanol–water partition coefficient (Wildman–Crippen LogP) is 4.17. The number of hydrogen-bond donors (Lipinski definition) is 0. The van der Waals surface area contributed by atoms with Crippen LogP contribution in [-0.2, 0) is 23.7 Å². The Balaban J connectivity index is 2.62. The second kappa shape index (κ2) is 3.83. The highest BCUT2D eigenvalue weighted by Crippen LogP contribution is 2.37. The fourth-order valence-electron chi connectivity index (χ4n) is 2.88. The van der Waals surface area contributed by atoms with Crippen LogP contribution in [0.4, 0.5) is 0 Å². The minimum Gasteiger partial charge on any atom is -0.260 e. The second-order valence-electron chi connectivity index (χ2n) is 7.33. The molecule has 1 aliphatic rings. The average molecular weight is 231 g/mol. The van der Waals surface area contributed by atoms with Crippen LogP contribution in [0.15, 0.2) is 6.20 Å². The lowest BCUT2D eigenvalue weighted by Gasteiger charge is -2.27. The summed E-state index contributed by atoms with van der Waals surface area (Å²) in [5.41, 5.74) is 6.31. The summed E-state index contributed by atoms with van der Waals surface area (Å²) in [5.74, 6) is 0. The fourth-order valence-corrected chi connectivity index (χ4v) is 2.88. The zero-order valence-electron chi connectivity index (χ0n) is 12.1. The summed E-state index contributed by atoms with van der Waals surface area (Å²) in [7, 11) is 0. The highest BCUT2D eigenvalue weighted by molar-refractivity contribution is 5.44. The van der Waals surface area contributed by atoms with Gasteiger partial charge in [-0.05, 0) is 41.4 Å². The quantitative estimate of drug-likeness (QED) is 0.653. The number of aromatic nitrogens is 1. The maximum Gasteiger partial charge on any atom is 0.0491 e. The van der Waals surface area contributed by atoms with Crippen molar-refractivity contribution in [3.8, 4) is 0 Å². The summed E-state index contributed by atoms with van der Waals surface area (Å²) in [5, 5.41) is 0. The van der Waals surface area contributed by atoms with E-state index in [2.05, 4.69) is 47.7 Å².